The summed E-state index contributed by atoms with van der Waals surface area (Å²) in [6.07, 6.45) is 1.06. The Kier molecular flexibility index (Phi) is 5.88. The van der Waals surface area contributed by atoms with E-state index in [1.807, 2.05) is 48.5 Å². The van der Waals surface area contributed by atoms with E-state index in [2.05, 4.69) is 25.2 Å². The van der Waals surface area contributed by atoms with Crippen LogP contribution in [0.2, 0.25) is 0 Å². The maximum Gasteiger partial charge on any atom is 0.234 e. The number of benzene rings is 2. The largest absolute Gasteiger partial charge is 0.325 e. The first kappa shape index (κ1) is 15.6. The van der Waals surface area contributed by atoms with Gasteiger partial charge in [-0.15, -0.1) is 11.8 Å². The summed E-state index contributed by atoms with van der Waals surface area (Å²) in [6.45, 7) is 4.35. The summed E-state index contributed by atoms with van der Waals surface area (Å²) in [5.41, 5.74) is 2.14. The summed E-state index contributed by atoms with van der Waals surface area (Å²) in [7, 11) is 0. The molecule has 0 saturated carbocycles. The maximum atomic E-state index is 12.1. The molecule has 0 radical (unpaired) electrons. The maximum absolute atomic E-state index is 12.1. The van der Waals surface area contributed by atoms with Crippen LogP contribution in [0.25, 0.3) is 0 Å². The molecule has 1 N–H and O–H groups in total. The van der Waals surface area contributed by atoms with Gasteiger partial charge < -0.3 is 5.32 Å². The van der Waals surface area contributed by atoms with Crippen molar-refractivity contribution in [3.05, 3.63) is 60.2 Å². The SMILES string of the molecule is CC[C@@H](C)c1ccccc1NC(=O)CSc1ccccc1. The minimum atomic E-state index is 0.0413. The van der Waals surface area contributed by atoms with Crippen LogP contribution in [0.5, 0.6) is 0 Å². The van der Waals surface area contributed by atoms with Crippen LogP contribution in [-0.4, -0.2) is 11.7 Å². The molecule has 2 rings (SSSR count). The molecular weight excluding hydrogens is 278 g/mol. The molecule has 3 heteroatoms. The van der Waals surface area contributed by atoms with Crippen LogP contribution in [0.1, 0.15) is 31.7 Å². The van der Waals surface area contributed by atoms with Gasteiger partial charge in [-0.3, -0.25) is 4.79 Å². The molecule has 21 heavy (non-hydrogen) atoms. The standard InChI is InChI=1S/C18H21NOS/c1-3-14(2)16-11-7-8-12-17(16)19-18(20)13-21-15-9-5-4-6-10-15/h4-12,14H,3,13H2,1-2H3,(H,19,20)/t14-/m1/s1. The minimum absolute atomic E-state index is 0.0413. The lowest BCUT2D eigenvalue weighted by molar-refractivity contribution is -0.113. The van der Waals surface area contributed by atoms with Crippen LogP contribution >= 0.6 is 11.8 Å². The van der Waals surface area contributed by atoms with Crippen LogP contribution in [0.15, 0.2) is 59.5 Å². The van der Waals surface area contributed by atoms with Gasteiger partial charge >= 0.3 is 0 Å². The van der Waals surface area contributed by atoms with E-state index in [9.17, 15) is 4.79 Å². The third-order valence-electron chi connectivity index (χ3n) is 3.49. The lowest BCUT2D eigenvalue weighted by atomic mass is 9.97. The van der Waals surface area contributed by atoms with Crippen molar-refractivity contribution in [2.24, 2.45) is 0 Å². The quantitative estimate of drug-likeness (QED) is 0.766. The van der Waals surface area contributed by atoms with Gasteiger partial charge in [0.25, 0.3) is 0 Å². The lowest BCUT2D eigenvalue weighted by Gasteiger charge is -2.15. The number of hydrogen-bond acceptors (Lipinski definition) is 2. The average molecular weight is 299 g/mol. The average Bonchev–Trinajstić information content (AvgIpc) is 2.54. The van der Waals surface area contributed by atoms with Gasteiger partial charge in [0.2, 0.25) is 5.91 Å². The highest BCUT2D eigenvalue weighted by Gasteiger charge is 2.11. The molecule has 2 aromatic carbocycles. The Morgan fingerprint density at radius 1 is 1.10 bits per heavy atom. The van der Waals surface area contributed by atoms with Crippen molar-refractivity contribution in [3.8, 4) is 0 Å². The molecule has 1 atom stereocenters. The Morgan fingerprint density at radius 2 is 1.76 bits per heavy atom. The Labute approximate surface area is 131 Å². The van der Waals surface area contributed by atoms with Crippen LogP contribution in [0.3, 0.4) is 0 Å². The van der Waals surface area contributed by atoms with Gasteiger partial charge in [-0.05, 0) is 36.1 Å². The molecular formula is C18H21NOS. The number of thioether (sulfide) groups is 1. The zero-order valence-electron chi connectivity index (χ0n) is 12.5. The predicted molar refractivity (Wildman–Crippen MR) is 90.9 cm³/mol. The molecule has 0 aromatic heterocycles. The third kappa shape index (κ3) is 4.64. The molecule has 0 saturated heterocycles. The van der Waals surface area contributed by atoms with E-state index in [-0.39, 0.29) is 5.91 Å². The fourth-order valence-electron chi connectivity index (χ4n) is 2.11. The zero-order chi connectivity index (χ0) is 15.1. The van der Waals surface area contributed by atoms with Crippen LogP contribution in [0.4, 0.5) is 5.69 Å². The molecule has 0 aliphatic rings. The molecule has 0 fully saturated rings. The summed E-state index contributed by atoms with van der Waals surface area (Å²) in [5, 5.41) is 3.04. The van der Waals surface area contributed by atoms with Crippen LogP contribution < -0.4 is 5.32 Å². The fraction of sp³-hybridized carbons (Fsp3) is 0.278. The second kappa shape index (κ2) is 7.89. The van der Waals surface area contributed by atoms with Crippen molar-refractivity contribution in [3.63, 3.8) is 0 Å². The molecule has 2 aromatic rings. The molecule has 0 heterocycles. The first-order valence-electron chi connectivity index (χ1n) is 7.27. The predicted octanol–water partition coefficient (Wildman–Crippen LogP) is 4.93. The molecule has 110 valence electrons. The zero-order valence-corrected chi connectivity index (χ0v) is 13.3. The normalized spacial score (nSPS) is 11.9. The van der Waals surface area contributed by atoms with Crippen molar-refractivity contribution in [1.82, 2.24) is 0 Å². The van der Waals surface area contributed by atoms with E-state index in [1.54, 1.807) is 11.8 Å². The molecule has 0 aliphatic carbocycles. The van der Waals surface area contributed by atoms with E-state index in [0.717, 1.165) is 17.0 Å². The smallest absolute Gasteiger partial charge is 0.234 e. The number of para-hydroxylation sites is 1. The van der Waals surface area contributed by atoms with Crippen LogP contribution in [0, 0.1) is 0 Å². The second-order valence-corrected chi connectivity index (χ2v) is 6.10. The van der Waals surface area contributed by atoms with Crippen LogP contribution in [-0.2, 0) is 4.79 Å². The lowest BCUT2D eigenvalue weighted by Crippen LogP contribution is -2.15. The fourth-order valence-corrected chi connectivity index (χ4v) is 2.83. The number of amides is 1. The molecule has 0 aliphatic heterocycles. The van der Waals surface area contributed by atoms with Gasteiger partial charge in [0.15, 0.2) is 0 Å². The van der Waals surface area contributed by atoms with E-state index < -0.39 is 0 Å². The van der Waals surface area contributed by atoms with Crippen molar-refractivity contribution < 1.29 is 4.79 Å². The summed E-state index contributed by atoms with van der Waals surface area (Å²) in [6, 6.07) is 18.0. The number of anilines is 1. The summed E-state index contributed by atoms with van der Waals surface area (Å²) >= 11 is 1.56. The molecule has 0 bridgehead atoms. The van der Waals surface area contributed by atoms with Crippen molar-refractivity contribution in [1.29, 1.82) is 0 Å². The van der Waals surface area contributed by atoms with Gasteiger partial charge in [0, 0.05) is 10.6 Å². The molecule has 0 unspecified atom stereocenters. The highest BCUT2D eigenvalue weighted by Crippen LogP contribution is 2.27. The van der Waals surface area contributed by atoms with Gasteiger partial charge in [-0.25, -0.2) is 0 Å². The second-order valence-electron chi connectivity index (χ2n) is 5.05. The number of carbonyl (C=O) groups is 1. The summed E-state index contributed by atoms with van der Waals surface area (Å²) < 4.78 is 0. The Morgan fingerprint density at radius 3 is 2.48 bits per heavy atom. The third-order valence-corrected chi connectivity index (χ3v) is 4.50. The Hall–Kier alpha value is -1.74. The molecule has 1 amide bonds. The summed E-state index contributed by atoms with van der Waals surface area (Å²) in [4.78, 5) is 13.2. The minimum Gasteiger partial charge on any atom is -0.325 e. The number of hydrogen-bond donors (Lipinski definition) is 1. The van der Waals surface area contributed by atoms with Crippen molar-refractivity contribution in [2.75, 3.05) is 11.1 Å². The number of rotatable bonds is 6. The number of nitrogens with one attached hydrogen (secondary N) is 1. The molecule has 0 spiro atoms. The van der Waals surface area contributed by atoms with Crippen molar-refractivity contribution in [2.45, 2.75) is 31.1 Å². The van der Waals surface area contributed by atoms with E-state index in [1.165, 1.54) is 5.56 Å². The van der Waals surface area contributed by atoms with E-state index in [0.29, 0.717) is 11.7 Å². The number of carbonyl (C=O) groups excluding carboxylic acids is 1. The van der Waals surface area contributed by atoms with Gasteiger partial charge in [0.05, 0.1) is 5.75 Å². The Balaban J connectivity index is 1.97. The van der Waals surface area contributed by atoms with Gasteiger partial charge in [-0.2, -0.15) is 0 Å². The first-order chi connectivity index (χ1) is 10.2. The molecule has 2 nitrogen and oxygen atoms in total. The Bertz CT molecular complexity index is 583. The monoisotopic (exact) mass is 299 g/mol. The van der Waals surface area contributed by atoms with Gasteiger partial charge in [0.1, 0.15) is 0 Å². The highest BCUT2D eigenvalue weighted by atomic mass is 32.2. The van der Waals surface area contributed by atoms with Gasteiger partial charge in [-0.1, -0.05) is 50.2 Å². The van der Waals surface area contributed by atoms with Crippen molar-refractivity contribution >= 4 is 23.4 Å². The highest BCUT2D eigenvalue weighted by molar-refractivity contribution is 8.00. The topological polar surface area (TPSA) is 29.1 Å². The first-order valence-corrected chi connectivity index (χ1v) is 8.26. The van der Waals surface area contributed by atoms with E-state index in [4.69, 9.17) is 0 Å². The summed E-state index contributed by atoms with van der Waals surface area (Å²) in [5.74, 6) is 0.918. The van der Waals surface area contributed by atoms with E-state index >= 15 is 0 Å².